The molecule has 2 nitrogen and oxygen atoms in total. The van der Waals surface area contributed by atoms with Gasteiger partial charge >= 0.3 is 5.97 Å². The maximum atomic E-state index is 11.3. The Balaban J connectivity index is 1.87. The molecule has 0 amide bonds. The standard InChI is InChI=1S/C16H20O2/c1-2-10-16(12-15(17)18-13-16)11-6-9-14-7-4-3-5-8-14/h2-5,7-8H,1,6,9-13H2/t16-/m0/s1. The number of esters is 1. The van der Waals surface area contributed by atoms with E-state index >= 15 is 0 Å². The van der Waals surface area contributed by atoms with Crippen molar-refractivity contribution in [1.29, 1.82) is 0 Å². The third-order valence-electron chi connectivity index (χ3n) is 3.65. The molecule has 18 heavy (non-hydrogen) atoms. The van der Waals surface area contributed by atoms with Crippen molar-refractivity contribution in [2.45, 2.75) is 32.1 Å². The summed E-state index contributed by atoms with van der Waals surface area (Å²) in [6.45, 7) is 4.36. The summed E-state index contributed by atoms with van der Waals surface area (Å²) in [7, 11) is 0. The monoisotopic (exact) mass is 244 g/mol. The van der Waals surface area contributed by atoms with Crippen molar-refractivity contribution in [3.05, 3.63) is 48.6 Å². The number of aryl methyl sites for hydroxylation is 1. The average Bonchev–Trinajstić information content (AvgIpc) is 2.73. The van der Waals surface area contributed by atoms with Crippen molar-refractivity contribution in [3.8, 4) is 0 Å². The predicted molar refractivity (Wildman–Crippen MR) is 72.2 cm³/mol. The molecular formula is C16H20O2. The highest BCUT2D eigenvalue weighted by Crippen LogP contribution is 2.38. The molecule has 1 aromatic carbocycles. The number of benzene rings is 1. The van der Waals surface area contributed by atoms with Crippen molar-refractivity contribution in [2.75, 3.05) is 6.61 Å². The Bertz CT molecular complexity index is 410. The first-order valence-electron chi connectivity index (χ1n) is 6.55. The summed E-state index contributed by atoms with van der Waals surface area (Å²) in [5.74, 6) is -0.0587. The lowest BCUT2D eigenvalue weighted by molar-refractivity contribution is -0.137. The fourth-order valence-corrected chi connectivity index (χ4v) is 2.65. The van der Waals surface area contributed by atoms with Gasteiger partial charge in [-0.05, 0) is 31.2 Å². The molecule has 2 rings (SSSR count). The molecule has 0 N–H and O–H groups in total. The molecule has 1 heterocycles. The maximum Gasteiger partial charge on any atom is 0.306 e. The molecule has 0 radical (unpaired) electrons. The van der Waals surface area contributed by atoms with Crippen molar-refractivity contribution in [2.24, 2.45) is 5.41 Å². The average molecular weight is 244 g/mol. The lowest BCUT2D eigenvalue weighted by Crippen LogP contribution is -2.20. The van der Waals surface area contributed by atoms with Gasteiger partial charge in [-0.15, -0.1) is 6.58 Å². The van der Waals surface area contributed by atoms with Crippen LogP contribution in [0.4, 0.5) is 0 Å². The SMILES string of the molecule is C=CC[C@@]1(CCCc2ccccc2)COC(=O)C1. The molecule has 1 saturated heterocycles. The minimum absolute atomic E-state index is 0.00755. The zero-order chi connectivity index (χ0) is 12.8. The second kappa shape index (κ2) is 5.85. The first-order valence-corrected chi connectivity index (χ1v) is 6.55. The van der Waals surface area contributed by atoms with Crippen LogP contribution >= 0.6 is 0 Å². The van der Waals surface area contributed by atoms with Crippen LogP contribution in [0.15, 0.2) is 43.0 Å². The lowest BCUT2D eigenvalue weighted by Gasteiger charge is -2.24. The van der Waals surface area contributed by atoms with E-state index in [-0.39, 0.29) is 11.4 Å². The highest BCUT2D eigenvalue weighted by molar-refractivity contribution is 5.72. The molecule has 0 spiro atoms. The molecular weight excluding hydrogens is 224 g/mol. The Morgan fingerprint density at radius 1 is 1.33 bits per heavy atom. The van der Waals surface area contributed by atoms with Gasteiger partial charge < -0.3 is 4.74 Å². The number of ether oxygens (including phenoxy) is 1. The molecule has 1 aromatic rings. The third-order valence-corrected chi connectivity index (χ3v) is 3.65. The minimum atomic E-state index is -0.0587. The number of allylic oxidation sites excluding steroid dienone is 1. The lowest BCUT2D eigenvalue weighted by atomic mass is 9.78. The molecule has 0 saturated carbocycles. The summed E-state index contributed by atoms with van der Waals surface area (Å²) in [5.41, 5.74) is 1.37. The molecule has 0 aromatic heterocycles. The van der Waals surface area contributed by atoms with Crippen LogP contribution in [-0.4, -0.2) is 12.6 Å². The van der Waals surface area contributed by atoms with E-state index in [1.54, 1.807) is 0 Å². The van der Waals surface area contributed by atoms with Crippen molar-refractivity contribution >= 4 is 5.97 Å². The van der Waals surface area contributed by atoms with E-state index in [4.69, 9.17) is 4.74 Å². The van der Waals surface area contributed by atoms with E-state index in [1.165, 1.54) is 5.56 Å². The molecule has 0 unspecified atom stereocenters. The summed E-state index contributed by atoms with van der Waals surface area (Å²) in [6, 6.07) is 10.5. The summed E-state index contributed by atoms with van der Waals surface area (Å²) < 4.78 is 5.14. The number of hydrogen-bond acceptors (Lipinski definition) is 2. The van der Waals surface area contributed by atoms with Gasteiger partial charge in [-0.3, -0.25) is 4.79 Å². The maximum absolute atomic E-state index is 11.3. The fourth-order valence-electron chi connectivity index (χ4n) is 2.65. The van der Waals surface area contributed by atoms with Gasteiger partial charge in [0.15, 0.2) is 0 Å². The normalized spacial score (nSPS) is 22.8. The van der Waals surface area contributed by atoms with E-state index < -0.39 is 0 Å². The molecule has 1 aliphatic rings. The summed E-state index contributed by atoms with van der Waals surface area (Å²) in [5, 5.41) is 0. The minimum Gasteiger partial charge on any atom is -0.465 e. The van der Waals surface area contributed by atoms with Gasteiger partial charge in [-0.2, -0.15) is 0 Å². The second-order valence-corrected chi connectivity index (χ2v) is 5.17. The van der Waals surface area contributed by atoms with Crippen LogP contribution in [0, 0.1) is 5.41 Å². The molecule has 1 aliphatic heterocycles. The fraction of sp³-hybridized carbons (Fsp3) is 0.438. The quantitative estimate of drug-likeness (QED) is 0.565. The van der Waals surface area contributed by atoms with Crippen LogP contribution in [0.2, 0.25) is 0 Å². The summed E-state index contributed by atoms with van der Waals surface area (Å²) in [4.78, 5) is 11.3. The summed E-state index contributed by atoms with van der Waals surface area (Å²) in [6.07, 6.45) is 6.51. The van der Waals surface area contributed by atoms with Crippen LogP contribution < -0.4 is 0 Å². The zero-order valence-corrected chi connectivity index (χ0v) is 10.7. The topological polar surface area (TPSA) is 26.3 Å². The molecule has 96 valence electrons. The Labute approximate surface area is 109 Å². The molecule has 1 fully saturated rings. The first kappa shape index (κ1) is 12.9. The number of hydrogen-bond donors (Lipinski definition) is 0. The third kappa shape index (κ3) is 3.22. The molecule has 2 heteroatoms. The van der Waals surface area contributed by atoms with Crippen molar-refractivity contribution < 1.29 is 9.53 Å². The van der Waals surface area contributed by atoms with E-state index in [2.05, 4.69) is 30.8 Å². The molecule has 0 aliphatic carbocycles. The highest BCUT2D eigenvalue weighted by atomic mass is 16.5. The smallest absolute Gasteiger partial charge is 0.306 e. The number of carbonyl (C=O) groups excluding carboxylic acids is 1. The van der Waals surface area contributed by atoms with Gasteiger partial charge in [0.2, 0.25) is 0 Å². The Morgan fingerprint density at radius 3 is 2.72 bits per heavy atom. The largest absolute Gasteiger partial charge is 0.465 e. The molecule has 1 atom stereocenters. The predicted octanol–water partition coefficient (Wildman–Crippen LogP) is 3.52. The van der Waals surface area contributed by atoms with Gasteiger partial charge in [0.25, 0.3) is 0 Å². The van der Waals surface area contributed by atoms with Crippen molar-refractivity contribution in [1.82, 2.24) is 0 Å². The van der Waals surface area contributed by atoms with Crippen LogP contribution in [0.3, 0.4) is 0 Å². The van der Waals surface area contributed by atoms with E-state index in [0.717, 1.165) is 25.7 Å². The zero-order valence-electron chi connectivity index (χ0n) is 10.7. The Morgan fingerprint density at radius 2 is 2.11 bits per heavy atom. The van der Waals surface area contributed by atoms with Crippen LogP contribution in [0.25, 0.3) is 0 Å². The van der Waals surface area contributed by atoms with Gasteiger partial charge in [-0.1, -0.05) is 36.4 Å². The highest BCUT2D eigenvalue weighted by Gasteiger charge is 2.38. The molecule has 0 bridgehead atoms. The van der Waals surface area contributed by atoms with Gasteiger partial charge in [-0.25, -0.2) is 0 Å². The Hall–Kier alpha value is -1.57. The van der Waals surface area contributed by atoms with Crippen LogP contribution in [0.5, 0.6) is 0 Å². The van der Waals surface area contributed by atoms with Crippen molar-refractivity contribution in [3.63, 3.8) is 0 Å². The summed E-state index contributed by atoms with van der Waals surface area (Å²) >= 11 is 0. The van der Waals surface area contributed by atoms with Crippen LogP contribution in [-0.2, 0) is 16.0 Å². The first-order chi connectivity index (χ1) is 8.74. The van der Waals surface area contributed by atoms with Gasteiger partial charge in [0.05, 0.1) is 13.0 Å². The number of rotatable bonds is 6. The van der Waals surface area contributed by atoms with Crippen LogP contribution in [0.1, 0.15) is 31.2 Å². The van der Waals surface area contributed by atoms with E-state index in [0.29, 0.717) is 13.0 Å². The van der Waals surface area contributed by atoms with Gasteiger partial charge in [0.1, 0.15) is 0 Å². The number of carbonyl (C=O) groups is 1. The second-order valence-electron chi connectivity index (χ2n) is 5.17. The van der Waals surface area contributed by atoms with Gasteiger partial charge in [0, 0.05) is 5.41 Å². The van der Waals surface area contributed by atoms with E-state index in [1.807, 2.05) is 12.1 Å². The van der Waals surface area contributed by atoms with E-state index in [9.17, 15) is 4.79 Å². The number of cyclic esters (lactones) is 1. The Kier molecular flexibility index (Phi) is 4.19.